The van der Waals surface area contributed by atoms with Crippen molar-refractivity contribution < 1.29 is 32.4 Å². The van der Waals surface area contributed by atoms with E-state index in [1.807, 2.05) is 30.3 Å². The highest BCUT2D eigenvalue weighted by Crippen LogP contribution is 2.30. The molecule has 2 aromatic rings. The zero-order chi connectivity index (χ0) is 21.3. The third kappa shape index (κ3) is 7.57. The molecule has 10 heteroatoms. The maximum Gasteiger partial charge on any atom is 0.490 e. The van der Waals surface area contributed by atoms with Gasteiger partial charge in [0.25, 0.3) is 0 Å². The number of amides is 1. The lowest BCUT2D eigenvalue weighted by molar-refractivity contribution is -0.192. The van der Waals surface area contributed by atoms with Gasteiger partial charge >= 0.3 is 12.1 Å². The van der Waals surface area contributed by atoms with Gasteiger partial charge in [-0.3, -0.25) is 4.79 Å². The van der Waals surface area contributed by atoms with Crippen LogP contribution in [0.5, 0.6) is 0 Å². The van der Waals surface area contributed by atoms with E-state index in [0.717, 1.165) is 43.7 Å². The van der Waals surface area contributed by atoms with Crippen molar-refractivity contribution in [2.24, 2.45) is 0 Å². The summed E-state index contributed by atoms with van der Waals surface area (Å²) in [5, 5.41) is 17.5. The van der Waals surface area contributed by atoms with Gasteiger partial charge in [0, 0.05) is 12.3 Å². The Bertz CT molecular complexity index is 787. The summed E-state index contributed by atoms with van der Waals surface area (Å²) in [7, 11) is 0. The number of nitrogens with zero attached hydrogens (tertiary/aromatic N) is 1. The molecule has 0 unspecified atom stereocenters. The van der Waals surface area contributed by atoms with E-state index in [2.05, 4.69) is 15.8 Å². The SMILES string of the molecule is O=C(CCc1ccccc1)Nc1conc1C1CCNCC1.O=C(O)C(F)(F)F. The molecule has 0 spiro atoms. The van der Waals surface area contributed by atoms with E-state index in [9.17, 15) is 18.0 Å². The van der Waals surface area contributed by atoms with Crippen LogP contribution < -0.4 is 10.6 Å². The number of hydrogen-bond acceptors (Lipinski definition) is 5. The summed E-state index contributed by atoms with van der Waals surface area (Å²) >= 11 is 0. The number of hydrogen-bond donors (Lipinski definition) is 3. The molecule has 1 aromatic carbocycles. The summed E-state index contributed by atoms with van der Waals surface area (Å²) in [6, 6.07) is 10.0. The molecule has 7 nitrogen and oxygen atoms in total. The Kier molecular flexibility index (Phi) is 8.20. The molecule has 29 heavy (non-hydrogen) atoms. The number of piperidine rings is 1. The predicted octanol–water partition coefficient (Wildman–Crippen LogP) is 3.35. The molecule has 158 valence electrons. The quantitative estimate of drug-likeness (QED) is 0.695. The van der Waals surface area contributed by atoms with Gasteiger partial charge in [-0.1, -0.05) is 35.5 Å². The molecule has 1 aliphatic heterocycles. The Morgan fingerprint density at radius 2 is 1.83 bits per heavy atom. The topological polar surface area (TPSA) is 104 Å². The minimum Gasteiger partial charge on any atom is -0.475 e. The first kappa shape index (κ1) is 22.4. The maximum absolute atomic E-state index is 12.1. The van der Waals surface area contributed by atoms with Gasteiger partial charge in [0.1, 0.15) is 17.6 Å². The number of aryl methyl sites for hydroxylation is 1. The summed E-state index contributed by atoms with van der Waals surface area (Å²) in [5.41, 5.74) is 2.78. The van der Waals surface area contributed by atoms with Crippen molar-refractivity contribution in [3.8, 4) is 0 Å². The van der Waals surface area contributed by atoms with Crippen LogP contribution in [0.1, 0.15) is 36.4 Å². The van der Waals surface area contributed by atoms with E-state index in [1.54, 1.807) is 0 Å². The highest BCUT2D eigenvalue weighted by molar-refractivity contribution is 5.91. The fourth-order valence-electron chi connectivity index (χ4n) is 2.84. The standard InChI is InChI=1S/C17H21N3O2.C2HF3O2/c21-16(7-6-13-4-2-1-3-5-13)19-15-12-22-20-17(15)14-8-10-18-11-9-14;3-2(4,5)1(6)7/h1-5,12,14,18H,6-11H2,(H,19,21);(H,6,7). The summed E-state index contributed by atoms with van der Waals surface area (Å²) in [6.45, 7) is 1.97. The van der Waals surface area contributed by atoms with Gasteiger partial charge < -0.3 is 20.3 Å². The number of halogens is 3. The molecule has 0 aliphatic carbocycles. The molecule has 1 amide bonds. The van der Waals surface area contributed by atoms with Crippen LogP contribution in [0, 0.1) is 0 Å². The number of aliphatic carboxylic acids is 1. The molecular weight excluding hydrogens is 391 g/mol. The molecule has 1 aliphatic rings. The zero-order valence-electron chi connectivity index (χ0n) is 15.5. The third-order valence-corrected chi connectivity index (χ3v) is 4.32. The summed E-state index contributed by atoms with van der Waals surface area (Å²) < 4.78 is 36.8. The van der Waals surface area contributed by atoms with Crippen molar-refractivity contribution in [3.63, 3.8) is 0 Å². The minimum atomic E-state index is -5.08. The molecular formula is C19H22F3N3O4. The number of alkyl halides is 3. The predicted molar refractivity (Wildman–Crippen MR) is 98.4 cm³/mol. The largest absolute Gasteiger partial charge is 0.490 e. The second-order valence-corrected chi connectivity index (χ2v) is 6.47. The molecule has 3 rings (SSSR count). The van der Waals surface area contributed by atoms with Crippen LogP contribution in [0.3, 0.4) is 0 Å². The highest BCUT2D eigenvalue weighted by Gasteiger charge is 2.38. The van der Waals surface area contributed by atoms with E-state index in [1.165, 1.54) is 11.8 Å². The highest BCUT2D eigenvalue weighted by atomic mass is 19.4. The number of benzene rings is 1. The first-order valence-corrected chi connectivity index (χ1v) is 9.06. The van der Waals surface area contributed by atoms with Crippen molar-refractivity contribution >= 4 is 17.6 Å². The molecule has 0 radical (unpaired) electrons. The van der Waals surface area contributed by atoms with E-state index in [-0.39, 0.29) is 5.91 Å². The fourth-order valence-corrected chi connectivity index (χ4v) is 2.84. The molecule has 1 saturated heterocycles. The Morgan fingerprint density at radius 1 is 1.21 bits per heavy atom. The molecule has 1 fully saturated rings. The number of rotatable bonds is 5. The summed E-state index contributed by atoms with van der Waals surface area (Å²) in [5.74, 6) is -2.39. The molecule has 0 atom stereocenters. The van der Waals surface area contributed by atoms with Crippen molar-refractivity contribution in [3.05, 3.63) is 47.9 Å². The first-order valence-electron chi connectivity index (χ1n) is 9.06. The van der Waals surface area contributed by atoms with E-state index < -0.39 is 12.1 Å². The second kappa shape index (κ2) is 10.6. The average molecular weight is 413 g/mol. The number of carboxylic acids is 1. The van der Waals surface area contributed by atoms with Crippen molar-refractivity contribution in [1.29, 1.82) is 0 Å². The lowest BCUT2D eigenvalue weighted by atomic mass is 9.94. The Hall–Kier alpha value is -2.88. The zero-order valence-corrected chi connectivity index (χ0v) is 15.5. The van der Waals surface area contributed by atoms with Crippen LogP contribution in [0.2, 0.25) is 0 Å². The van der Waals surface area contributed by atoms with Crippen molar-refractivity contribution in [2.45, 2.75) is 37.8 Å². The van der Waals surface area contributed by atoms with E-state index in [4.69, 9.17) is 14.4 Å². The number of carbonyl (C=O) groups is 2. The van der Waals surface area contributed by atoms with Crippen LogP contribution >= 0.6 is 0 Å². The molecule has 1 aromatic heterocycles. The van der Waals surface area contributed by atoms with Crippen LogP contribution in [-0.4, -0.2) is 41.4 Å². The third-order valence-electron chi connectivity index (χ3n) is 4.32. The molecule has 0 saturated carbocycles. The van der Waals surface area contributed by atoms with Gasteiger partial charge in [-0.2, -0.15) is 13.2 Å². The van der Waals surface area contributed by atoms with E-state index >= 15 is 0 Å². The molecule has 2 heterocycles. The second-order valence-electron chi connectivity index (χ2n) is 6.47. The Morgan fingerprint density at radius 3 is 2.41 bits per heavy atom. The average Bonchev–Trinajstić information content (AvgIpc) is 3.16. The van der Waals surface area contributed by atoms with Crippen molar-refractivity contribution in [2.75, 3.05) is 18.4 Å². The summed E-state index contributed by atoms with van der Waals surface area (Å²) in [6.07, 6.45) is -0.294. The van der Waals surface area contributed by atoms with Crippen LogP contribution in [0.25, 0.3) is 0 Å². The van der Waals surface area contributed by atoms with E-state index in [0.29, 0.717) is 12.3 Å². The van der Waals surface area contributed by atoms with Gasteiger partial charge in [-0.25, -0.2) is 4.79 Å². The van der Waals surface area contributed by atoms with Crippen LogP contribution in [0.15, 0.2) is 41.1 Å². The summed E-state index contributed by atoms with van der Waals surface area (Å²) in [4.78, 5) is 21.0. The van der Waals surface area contributed by atoms with Gasteiger partial charge in [0.05, 0.1) is 0 Å². The number of carbonyl (C=O) groups excluding carboxylic acids is 1. The number of anilines is 1. The van der Waals surface area contributed by atoms with Gasteiger partial charge in [0.15, 0.2) is 0 Å². The lowest BCUT2D eigenvalue weighted by Crippen LogP contribution is -2.27. The number of nitrogens with one attached hydrogen (secondary N) is 2. The van der Waals surface area contributed by atoms with Crippen molar-refractivity contribution in [1.82, 2.24) is 10.5 Å². The smallest absolute Gasteiger partial charge is 0.475 e. The van der Waals surface area contributed by atoms with Crippen LogP contribution in [0.4, 0.5) is 18.9 Å². The lowest BCUT2D eigenvalue weighted by Gasteiger charge is -2.21. The van der Waals surface area contributed by atoms with Crippen LogP contribution in [-0.2, 0) is 16.0 Å². The maximum atomic E-state index is 12.1. The number of carboxylic acid groups (broad SMARTS) is 1. The fraction of sp³-hybridized carbons (Fsp3) is 0.421. The molecule has 0 bridgehead atoms. The van der Waals surface area contributed by atoms with Gasteiger partial charge in [-0.05, 0) is 37.9 Å². The monoisotopic (exact) mass is 413 g/mol. The minimum absolute atomic E-state index is 0.00207. The Balaban J connectivity index is 0.000000370. The Labute approximate surface area is 165 Å². The normalized spacial score (nSPS) is 14.6. The van der Waals surface area contributed by atoms with Gasteiger partial charge in [0.2, 0.25) is 5.91 Å². The number of aromatic nitrogens is 1. The van der Waals surface area contributed by atoms with Gasteiger partial charge in [-0.15, -0.1) is 0 Å². The molecule has 3 N–H and O–H groups in total. The first-order chi connectivity index (χ1) is 13.8.